The lowest BCUT2D eigenvalue weighted by atomic mass is 9.87. The monoisotopic (exact) mass is 259 g/mol. The molecule has 1 aromatic rings. The van der Waals surface area contributed by atoms with Crippen LogP contribution in [0.3, 0.4) is 0 Å². The molecule has 3 nitrogen and oxygen atoms in total. The van der Waals surface area contributed by atoms with E-state index in [2.05, 4.69) is 5.32 Å². The number of carbonyl (C=O) groups excluding carboxylic acids is 1. The number of hydrogen-bond donors (Lipinski definition) is 2. The van der Waals surface area contributed by atoms with Crippen molar-refractivity contribution in [2.45, 2.75) is 51.2 Å². The first-order chi connectivity index (χ1) is 9.10. The molecule has 2 atom stereocenters. The van der Waals surface area contributed by atoms with Crippen molar-refractivity contribution in [3.8, 4) is 0 Å². The lowest BCUT2D eigenvalue weighted by Crippen LogP contribution is -2.41. The van der Waals surface area contributed by atoms with E-state index in [1.807, 2.05) is 31.2 Å². The lowest BCUT2D eigenvalue weighted by Gasteiger charge is -2.26. The van der Waals surface area contributed by atoms with Gasteiger partial charge >= 0.3 is 0 Å². The largest absolute Gasteiger partial charge is 0.390 e. The molecule has 1 amide bonds. The van der Waals surface area contributed by atoms with Crippen LogP contribution in [0.4, 0.5) is 0 Å². The summed E-state index contributed by atoms with van der Waals surface area (Å²) in [5.74, 6) is 0.103. The van der Waals surface area contributed by atoms with E-state index in [1.54, 1.807) is 0 Å². The van der Waals surface area contributed by atoms with Crippen LogP contribution < -0.4 is 5.32 Å². The number of fused-ring (bicyclic) bond motifs is 1. The zero-order valence-electron chi connectivity index (χ0n) is 11.4. The van der Waals surface area contributed by atoms with Crippen molar-refractivity contribution >= 4 is 5.91 Å². The van der Waals surface area contributed by atoms with Gasteiger partial charge in [-0.3, -0.25) is 4.79 Å². The number of benzene rings is 1. The standard InChI is InChI=1S/C16H21NO2/c1-16(8-4-5-9-16)15(19)17-14-12-7-3-2-6-11(12)10-13(14)18/h2-3,6-7,13-14,18H,4-5,8-10H2,1H3,(H,17,19). The van der Waals surface area contributed by atoms with Crippen LogP contribution in [0.2, 0.25) is 0 Å². The van der Waals surface area contributed by atoms with E-state index < -0.39 is 6.10 Å². The van der Waals surface area contributed by atoms with Crippen LogP contribution in [-0.4, -0.2) is 17.1 Å². The molecule has 0 aliphatic heterocycles. The van der Waals surface area contributed by atoms with Gasteiger partial charge in [0, 0.05) is 11.8 Å². The molecule has 0 aromatic heterocycles. The molecule has 0 bridgehead atoms. The Morgan fingerprint density at radius 3 is 2.74 bits per heavy atom. The van der Waals surface area contributed by atoms with Crippen molar-refractivity contribution in [2.75, 3.05) is 0 Å². The topological polar surface area (TPSA) is 49.3 Å². The van der Waals surface area contributed by atoms with Crippen LogP contribution in [0.15, 0.2) is 24.3 Å². The molecule has 0 spiro atoms. The minimum atomic E-state index is -0.494. The van der Waals surface area contributed by atoms with E-state index in [-0.39, 0.29) is 17.4 Å². The van der Waals surface area contributed by atoms with E-state index in [1.165, 1.54) is 0 Å². The summed E-state index contributed by atoms with van der Waals surface area (Å²) in [4.78, 5) is 12.5. The van der Waals surface area contributed by atoms with Gasteiger partial charge in [0.05, 0.1) is 12.1 Å². The summed E-state index contributed by atoms with van der Waals surface area (Å²) < 4.78 is 0. The maximum atomic E-state index is 12.5. The zero-order chi connectivity index (χ0) is 13.5. The summed E-state index contributed by atoms with van der Waals surface area (Å²) in [6.45, 7) is 2.04. The Labute approximate surface area is 114 Å². The Kier molecular flexibility index (Phi) is 3.09. The average molecular weight is 259 g/mol. The summed E-state index contributed by atoms with van der Waals surface area (Å²) in [5.41, 5.74) is 1.99. The number of nitrogens with one attached hydrogen (secondary N) is 1. The molecule has 0 heterocycles. The molecule has 1 saturated carbocycles. The molecule has 3 heteroatoms. The fraction of sp³-hybridized carbons (Fsp3) is 0.562. The van der Waals surface area contributed by atoms with Crippen LogP contribution in [0.5, 0.6) is 0 Å². The minimum absolute atomic E-state index is 0.103. The van der Waals surface area contributed by atoms with Gasteiger partial charge in [-0.1, -0.05) is 44.0 Å². The highest BCUT2D eigenvalue weighted by molar-refractivity contribution is 5.83. The van der Waals surface area contributed by atoms with Gasteiger partial charge in [0.15, 0.2) is 0 Å². The van der Waals surface area contributed by atoms with Crippen LogP contribution in [0.1, 0.15) is 49.8 Å². The Balaban J connectivity index is 1.78. The second kappa shape index (κ2) is 4.64. The molecule has 2 aliphatic carbocycles. The highest BCUT2D eigenvalue weighted by atomic mass is 16.3. The number of aliphatic hydroxyl groups is 1. The first-order valence-corrected chi connectivity index (χ1v) is 7.17. The normalized spacial score (nSPS) is 28.1. The predicted octanol–water partition coefficient (Wildman–Crippen LogP) is 2.34. The van der Waals surface area contributed by atoms with E-state index in [9.17, 15) is 9.90 Å². The fourth-order valence-corrected chi connectivity index (χ4v) is 3.45. The molecule has 2 aliphatic rings. The predicted molar refractivity (Wildman–Crippen MR) is 73.6 cm³/mol. The quantitative estimate of drug-likeness (QED) is 0.856. The Morgan fingerprint density at radius 1 is 1.32 bits per heavy atom. The number of carbonyl (C=O) groups is 1. The second-order valence-corrected chi connectivity index (χ2v) is 6.19. The Hall–Kier alpha value is -1.35. The molecule has 1 fully saturated rings. The molecule has 2 unspecified atom stereocenters. The van der Waals surface area contributed by atoms with Gasteiger partial charge in [-0.05, 0) is 24.0 Å². The maximum Gasteiger partial charge on any atom is 0.226 e. The molecule has 2 N–H and O–H groups in total. The van der Waals surface area contributed by atoms with Gasteiger partial charge in [0.2, 0.25) is 5.91 Å². The van der Waals surface area contributed by atoms with Crippen molar-refractivity contribution < 1.29 is 9.90 Å². The summed E-state index contributed by atoms with van der Waals surface area (Å²) in [5, 5.41) is 13.2. The number of rotatable bonds is 2. The van der Waals surface area contributed by atoms with Crippen molar-refractivity contribution in [3.63, 3.8) is 0 Å². The molecule has 1 aromatic carbocycles. The van der Waals surface area contributed by atoms with E-state index >= 15 is 0 Å². The number of amides is 1. The van der Waals surface area contributed by atoms with Crippen molar-refractivity contribution in [3.05, 3.63) is 35.4 Å². The van der Waals surface area contributed by atoms with Crippen LogP contribution in [0, 0.1) is 5.41 Å². The maximum absolute atomic E-state index is 12.5. The molecule has 102 valence electrons. The van der Waals surface area contributed by atoms with Crippen molar-refractivity contribution in [1.29, 1.82) is 0 Å². The van der Waals surface area contributed by atoms with Crippen LogP contribution >= 0.6 is 0 Å². The molecular weight excluding hydrogens is 238 g/mol. The van der Waals surface area contributed by atoms with Gasteiger partial charge < -0.3 is 10.4 Å². The van der Waals surface area contributed by atoms with Gasteiger partial charge in [-0.2, -0.15) is 0 Å². The smallest absolute Gasteiger partial charge is 0.226 e. The number of hydrogen-bond acceptors (Lipinski definition) is 2. The minimum Gasteiger partial charge on any atom is -0.390 e. The SMILES string of the molecule is CC1(C(=O)NC2c3ccccc3CC2O)CCCC1. The molecule has 19 heavy (non-hydrogen) atoms. The Bertz CT molecular complexity index is 491. The van der Waals surface area contributed by atoms with E-state index in [0.29, 0.717) is 6.42 Å². The Morgan fingerprint density at radius 2 is 2.00 bits per heavy atom. The lowest BCUT2D eigenvalue weighted by molar-refractivity contribution is -0.131. The number of aliphatic hydroxyl groups excluding tert-OH is 1. The summed E-state index contributed by atoms with van der Waals surface area (Å²) in [6, 6.07) is 7.75. The summed E-state index contributed by atoms with van der Waals surface area (Å²) >= 11 is 0. The highest BCUT2D eigenvalue weighted by Gasteiger charge is 2.40. The first kappa shape index (κ1) is 12.7. The molecule has 0 radical (unpaired) electrons. The van der Waals surface area contributed by atoms with Gasteiger partial charge in [0.25, 0.3) is 0 Å². The summed E-state index contributed by atoms with van der Waals surface area (Å²) in [6.07, 6.45) is 4.33. The van der Waals surface area contributed by atoms with Gasteiger partial charge in [0.1, 0.15) is 0 Å². The first-order valence-electron chi connectivity index (χ1n) is 7.17. The third-order valence-corrected chi connectivity index (χ3v) is 4.75. The van der Waals surface area contributed by atoms with E-state index in [4.69, 9.17) is 0 Å². The third-order valence-electron chi connectivity index (χ3n) is 4.75. The molecule has 3 rings (SSSR count). The summed E-state index contributed by atoms with van der Waals surface area (Å²) in [7, 11) is 0. The van der Waals surface area contributed by atoms with Gasteiger partial charge in [-0.25, -0.2) is 0 Å². The highest BCUT2D eigenvalue weighted by Crippen LogP contribution is 2.39. The van der Waals surface area contributed by atoms with E-state index in [0.717, 1.165) is 36.8 Å². The molecule has 0 saturated heterocycles. The zero-order valence-corrected chi connectivity index (χ0v) is 11.4. The van der Waals surface area contributed by atoms with Crippen LogP contribution in [0.25, 0.3) is 0 Å². The van der Waals surface area contributed by atoms with Crippen molar-refractivity contribution in [1.82, 2.24) is 5.32 Å². The molecular formula is C16H21NO2. The fourth-order valence-electron chi connectivity index (χ4n) is 3.45. The van der Waals surface area contributed by atoms with Crippen LogP contribution in [-0.2, 0) is 11.2 Å². The van der Waals surface area contributed by atoms with Gasteiger partial charge in [-0.15, -0.1) is 0 Å². The van der Waals surface area contributed by atoms with Crippen molar-refractivity contribution in [2.24, 2.45) is 5.41 Å². The average Bonchev–Trinajstić information content (AvgIpc) is 2.96. The second-order valence-electron chi connectivity index (χ2n) is 6.19. The third kappa shape index (κ3) is 2.16.